The maximum absolute atomic E-state index is 11.5. The lowest BCUT2D eigenvalue weighted by Crippen LogP contribution is -2.20. The van der Waals surface area contributed by atoms with Crippen molar-refractivity contribution < 1.29 is 5.11 Å². The van der Waals surface area contributed by atoms with Crippen LogP contribution in [-0.2, 0) is 6.54 Å². The Morgan fingerprint density at radius 2 is 2.27 bits per heavy atom. The molecule has 4 heteroatoms. The van der Waals surface area contributed by atoms with Crippen molar-refractivity contribution in [2.75, 3.05) is 5.73 Å². The number of nitrogen functional groups attached to an aromatic ring is 1. The standard InChI is InChI=1S/C11H18N2O2/c1-8-6-11(15)13(7-10(8)12)5-3-4-9(2)14/h6-7,9,14H,3-5,12H2,1-2H3. The van der Waals surface area contributed by atoms with Crippen molar-refractivity contribution in [3.63, 3.8) is 0 Å². The fraction of sp³-hybridized carbons (Fsp3) is 0.545. The summed E-state index contributed by atoms with van der Waals surface area (Å²) >= 11 is 0. The highest BCUT2D eigenvalue weighted by Crippen LogP contribution is 2.06. The SMILES string of the molecule is Cc1cc(=O)n(CCCC(C)O)cc1N. The summed E-state index contributed by atoms with van der Waals surface area (Å²) in [7, 11) is 0. The zero-order chi connectivity index (χ0) is 11.4. The predicted molar refractivity (Wildman–Crippen MR) is 60.8 cm³/mol. The van der Waals surface area contributed by atoms with Crippen molar-refractivity contribution in [1.29, 1.82) is 0 Å². The van der Waals surface area contributed by atoms with Gasteiger partial charge in [-0.05, 0) is 32.3 Å². The van der Waals surface area contributed by atoms with Crippen molar-refractivity contribution in [3.8, 4) is 0 Å². The quantitative estimate of drug-likeness (QED) is 0.775. The third kappa shape index (κ3) is 3.40. The van der Waals surface area contributed by atoms with Crippen LogP contribution in [-0.4, -0.2) is 15.8 Å². The van der Waals surface area contributed by atoms with E-state index in [9.17, 15) is 4.79 Å². The predicted octanol–water partition coefficient (Wildman–Crippen LogP) is 0.900. The number of rotatable bonds is 4. The van der Waals surface area contributed by atoms with Crippen LogP contribution in [0.3, 0.4) is 0 Å². The Balaban J connectivity index is 2.69. The summed E-state index contributed by atoms with van der Waals surface area (Å²) in [5.41, 5.74) is 7.12. The number of hydrogen-bond acceptors (Lipinski definition) is 3. The molecule has 1 rings (SSSR count). The molecular weight excluding hydrogens is 192 g/mol. The first kappa shape index (κ1) is 11.8. The Morgan fingerprint density at radius 1 is 1.60 bits per heavy atom. The van der Waals surface area contributed by atoms with Crippen LogP contribution < -0.4 is 11.3 Å². The number of anilines is 1. The molecule has 1 aromatic heterocycles. The second-order valence-electron chi connectivity index (χ2n) is 3.93. The van der Waals surface area contributed by atoms with E-state index >= 15 is 0 Å². The van der Waals surface area contributed by atoms with E-state index in [0.717, 1.165) is 12.0 Å². The molecule has 0 amide bonds. The lowest BCUT2D eigenvalue weighted by Gasteiger charge is -2.09. The van der Waals surface area contributed by atoms with Crippen LogP contribution in [0.15, 0.2) is 17.1 Å². The first-order valence-corrected chi connectivity index (χ1v) is 5.15. The Hall–Kier alpha value is -1.29. The van der Waals surface area contributed by atoms with Crippen LogP contribution in [0.5, 0.6) is 0 Å². The van der Waals surface area contributed by atoms with Gasteiger partial charge in [-0.3, -0.25) is 4.79 Å². The Labute approximate surface area is 89.3 Å². The van der Waals surface area contributed by atoms with Gasteiger partial charge in [-0.2, -0.15) is 0 Å². The molecule has 0 saturated carbocycles. The molecular formula is C11H18N2O2. The number of nitrogens with two attached hydrogens (primary N) is 1. The van der Waals surface area contributed by atoms with Gasteiger partial charge in [0.2, 0.25) is 0 Å². The van der Waals surface area contributed by atoms with Crippen LogP contribution >= 0.6 is 0 Å². The van der Waals surface area contributed by atoms with Gasteiger partial charge in [0, 0.05) is 18.8 Å². The molecule has 1 atom stereocenters. The number of aromatic nitrogens is 1. The largest absolute Gasteiger partial charge is 0.397 e. The molecule has 1 unspecified atom stereocenters. The second-order valence-corrected chi connectivity index (χ2v) is 3.93. The topological polar surface area (TPSA) is 68.2 Å². The summed E-state index contributed by atoms with van der Waals surface area (Å²) in [5, 5.41) is 9.09. The zero-order valence-electron chi connectivity index (χ0n) is 9.23. The van der Waals surface area contributed by atoms with E-state index in [2.05, 4.69) is 0 Å². The number of pyridine rings is 1. The molecule has 0 fully saturated rings. The normalized spacial score (nSPS) is 12.7. The van der Waals surface area contributed by atoms with E-state index in [0.29, 0.717) is 18.7 Å². The molecule has 15 heavy (non-hydrogen) atoms. The molecule has 3 N–H and O–H groups in total. The molecule has 1 aromatic rings. The fourth-order valence-corrected chi connectivity index (χ4v) is 1.42. The Bertz CT molecular complexity index is 383. The number of aliphatic hydroxyl groups is 1. The van der Waals surface area contributed by atoms with Gasteiger partial charge in [0.15, 0.2) is 0 Å². The molecule has 0 bridgehead atoms. The molecule has 0 aromatic carbocycles. The number of hydrogen-bond donors (Lipinski definition) is 2. The molecule has 84 valence electrons. The molecule has 1 heterocycles. The van der Waals surface area contributed by atoms with E-state index in [1.54, 1.807) is 17.7 Å². The van der Waals surface area contributed by atoms with Crippen molar-refractivity contribution in [3.05, 3.63) is 28.2 Å². The average Bonchev–Trinajstić information content (AvgIpc) is 2.13. The van der Waals surface area contributed by atoms with Gasteiger partial charge in [0.25, 0.3) is 5.56 Å². The second kappa shape index (κ2) is 4.98. The minimum atomic E-state index is -0.316. The van der Waals surface area contributed by atoms with Gasteiger partial charge in [0.1, 0.15) is 0 Å². The number of nitrogens with zero attached hydrogens (tertiary/aromatic N) is 1. The van der Waals surface area contributed by atoms with Gasteiger partial charge in [-0.1, -0.05) is 0 Å². The van der Waals surface area contributed by atoms with Gasteiger partial charge in [0.05, 0.1) is 11.8 Å². The molecule has 0 aliphatic rings. The van der Waals surface area contributed by atoms with Gasteiger partial charge in [-0.15, -0.1) is 0 Å². The maximum Gasteiger partial charge on any atom is 0.250 e. The van der Waals surface area contributed by atoms with E-state index in [1.807, 2.05) is 6.92 Å². The lowest BCUT2D eigenvalue weighted by molar-refractivity contribution is 0.179. The van der Waals surface area contributed by atoms with Crippen LogP contribution in [0.2, 0.25) is 0 Å². The van der Waals surface area contributed by atoms with Crippen molar-refractivity contribution in [1.82, 2.24) is 4.57 Å². The fourth-order valence-electron chi connectivity index (χ4n) is 1.42. The molecule has 0 aliphatic carbocycles. The van der Waals surface area contributed by atoms with E-state index < -0.39 is 0 Å². The number of aryl methyl sites for hydroxylation is 2. The minimum Gasteiger partial charge on any atom is -0.397 e. The average molecular weight is 210 g/mol. The zero-order valence-corrected chi connectivity index (χ0v) is 9.23. The van der Waals surface area contributed by atoms with Gasteiger partial charge < -0.3 is 15.4 Å². The Kier molecular flexibility index (Phi) is 3.91. The first-order chi connectivity index (χ1) is 7.00. The van der Waals surface area contributed by atoms with E-state index in [4.69, 9.17) is 10.8 Å². The highest BCUT2D eigenvalue weighted by Gasteiger charge is 2.01. The van der Waals surface area contributed by atoms with Crippen molar-refractivity contribution >= 4 is 5.69 Å². The third-order valence-corrected chi connectivity index (χ3v) is 2.39. The first-order valence-electron chi connectivity index (χ1n) is 5.15. The molecule has 0 spiro atoms. The van der Waals surface area contributed by atoms with Gasteiger partial charge >= 0.3 is 0 Å². The van der Waals surface area contributed by atoms with E-state index in [1.165, 1.54) is 6.07 Å². The summed E-state index contributed by atoms with van der Waals surface area (Å²) < 4.78 is 1.59. The maximum atomic E-state index is 11.5. The summed E-state index contributed by atoms with van der Waals surface area (Å²) in [6.45, 7) is 4.16. The summed E-state index contributed by atoms with van der Waals surface area (Å²) in [6.07, 6.45) is 2.82. The van der Waals surface area contributed by atoms with Crippen LogP contribution in [0.25, 0.3) is 0 Å². The summed E-state index contributed by atoms with van der Waals surface area (Å²) in [4.78, 5) is 11.5. The van der Waals surface area contributed by atoms with Crippen LogP contribution in [0.1, 0.15) is 25.3 Å². The highest BCUT2D eigenvalue weighted by atomic mass is 16.3. The van der Waals surface area contributed by atoms with E-state index in [-0.39, 0.29) is 11.7 Å². The summed E-state index contributed by atoms with van der Waals surface area (Å²) in [5.74, 6) is 0. The smallest absolute Gasteiger partial charge is 0.250 e. The number of aliphatic hydroxyl groups excluding tert-OH is 1. The van der Waals surface area contributed by atoms with Crippen molar-refractivity contribution in [2.45, 2.75) is 39.3 Å². The molecule has 0 radical (unpaired) electrons. The van der Waals surface area contributed by atoms with Gasteiger partial charge in [-0.25, -0.2) is 0 Å². The monoisotopic (exact) mass is 210 g/mol. The van der Waals surface area contributed by atoms with Crippen LogP contribution in [0, 0.1) is 6.92 Å². The highest BCUT2D eigenvalue weighted by molar-refractivity contribution is 5.42. The molecule has 0 aliphatic heterocycles. The minimum absolute atomic E-state index is 0.0349. The lowest BCUT2D eigenvalue weighted by atomic mass is 10.2. The Morgan fingerprint density at radius 3 is 2.87 bits per heavy atom. The van der Waals surface area contributed by atoms with Crippen molar-refractivity contribution in [2.24, 2.45) is 0 Å². The molecule has 4 nitrogen and oxygen atoms in total. The third-order valence-electron chi connectivity index (χ3n) is 2.39. The summed E-state index contributed by atoms with van der Waals surface area (Å²) in [6, 6.07) is 1.54. The van der Waals surface area contributed by atoms with Crippen LogP contribution in [0.4, 0.5) is 5.69 Å². The molecule has 0 saturated heterocycles.